The van der Waals surface area contributed by atoms with Crippen LogP contribution in [0.25, 0.3) is 11.5 Å². The minimum Gasteiger partial charge on any atom is -0.334 e. The molecule has 1 aliphatic heterocycles. The van der Waals surface area contributed by atoms with Crippen LogP contribution < -0.4 is 10.6 Å². The lowest BCUT2D eigenvalue weighted by molar-refractivity contribution is 0.237. The zero-order valence-corrected chi connectivity index (χ0v) is 18.3. The highest BCUT2D eigenvalue weighted by atomic mass is 35.5. The van der Waals surface area contributed by atoms with Crippen molar-refractivity contribution < 1.29 is 9.32 Å². The number of nitrogens with zero attached hydrogens (tertiary/aromatic N) is 4. The molecule has 2 atom stereocenters. The second-order valence-electron chi connectivity index (χ2n) is 7.88. The van der Waals surface area contributed by atoms with Gasteiger partial charge < -0.3 is 20.1 Å². The predicted octanol–water partition coefficient (Wildman–Crippen LogP) is 3.72. The molecule has 164 valence electrons. The Morgan fingerprint density at radius 1 is 1.28 bits per heavy atom. The largest absolute Gasteiger partial charge is 0.334 e. The molecule has 1 unspecified atom stereocenters. The smallest absolute Gasteiger partial charge is 0.315 e. The van der Waals surface area contributed by atoms with E-state index in [1.165, 1.54) is 0 Å². The first kappa shape index (κ1) is 21.7. The Kier molecular flexibility index (Phi) is 6.57. The van der Waals surface area contributed by atoms with Crippen LogP contribution in [0.3, 0.4) is 0 Å². The highest BCUT2D eigenvalue weighted by Gasteiger charge is 2.29. The summed E-state index contributed by atoms with van der Waals surface area (Å²) in [6.45, 7) is 2.91. The van der Waals surface area contributed by atoms with Crippen molar-refractivity contribution in [1.29, 1.82) is 5.26 Å². The molecular formula is C23H23ClN6O2. The monoisotopic (exact) mass is 450 g/mol. The van der Waals surface area contributed by atoms with Crippen molar-refractivity contribution in [2.24, 2.45) is 0 Å². The predicted molar refractivity (Wildman–Crippen MR) is 120 cm³/mol. The van der Waals surface area contributed by atoms with Crippen LogP contribution in [-0.4, -0.2) is 39.7 Å². The Morgan fingerprint density at radius 3 is 2.81 bits per heavy atom. The summed E-state index contributed by atoms with van der Waals surface area (Å²) in [5.74, 6) is 1.03. The van der Waals surface area contributed by atoms with E-state index in [0.717, 1.165) is 23.1 Å². The zero-order valence-electron chi connectivity index (χ0n) is 17.6. The maximum Gasteiger partial charge on any atom is 0.315 e. The molecule has 2 N–H and O–H groups in total. The highest BCUT2D eigenvalue weighted by molar-refractivity contribution is 6.30. The number of aromatic nitrogens is 2. The van der Waals surface area contributed by atoms with E-state index in [9.17, 15) is 4.79 Å². The number of halogens is 1. The van der Waals surface area contributed by atoms with Crippen LogP contribution in [0.4, 0.5) is 4.79 Å². The van der Waals surface area contributed by atoms with Crippen molar-refractivity contribution in [3.05, 3.63) is 70.5 Å². The number of rotatable bonds is 6. The van der Waals surface area contributed by atoms with E-state index in [1.54, 1.807) is 4.90 Å². The summed E-state index contributed by atoms with van der Waals surface area (Å²) in [5.41, 5.74) is 2.76. The molecule has 1 aromatic heterocycles. The number of likely N-dealkylation sites (tertiary alicyclic amines) is 1. The fourth-order valence-electron chi connectivity index (χ4n) is 3.73. The maximum absolute atomic E-state index is 12.2. The number of amides is 2. The van der Waals surface area contributed by atoms with Gasteiger partial charge in [-0.15, -0.1) is 0 Å². The number of urea groups is 1. The number of carbonyl (C=O) groups is 1. The van der Waals surface area contributed by atoms with Crippen LogP contribution >= 0.6 is 11.6 Å². The first-order valence-electron chi connectivity index (χ1n) is 10.4. The Labute approximate surface area is 191 Å². The summed E-state index contributed by atoms with van der Waals surface area (Å²) in [7, 11) is 0. The summed E-state index contributed by atoms with van der Waals surface area (Å²) >= 11 is 6.02. The van der Waals surface area contributed by atoms with E-state index in [-0.39, 0.29) is 18.1 Å². The van der Waals surface area contributed by atoms with Crippen LogP contribution in [0.15, 0.2) is 53.1 Å². The number of benzene rings is 2. The average Bonchev–Trinajstić information content (AvgIpc) is 3.38. The molecule has 2 aromatic carbocycles. The van der Waals surface area contributed by atoms with E-state index >= 15 is 0 Å². The molecule has 4 rings (SSSR count). The molecule has 0 saturated carbocycles. The summed E-state index contributed by atoms with van der Waals surface area (Å²) in [4.78, 5) is 18.3. The standard InChI is InChI=1S/C23H23ClN6O2/c1-15-9-20(13-30(15)14-25)27-23(31)26-12-16-5-7-18(8-6-16)22-28-21(29-32-22)11-17-3-2-4-19(24)10-17/h2-8,10,15,20H,9,11-13H2,1H3,(H2,26,27,31)/t15-,20?/m1/s1. The lowest BCUT2D eigenvalue weighted by Gasteiger charge is -2.13. The molecule has 9 heteroatoms. The van der Waals surface area contributed by atoms with Crippen molar-refractivity contribution in [2.75, 3.05) is 6.54 Å². The van der Waals surface area contributed by atoms with Gasteiger partial charge in [0.15, 0.2) is 12.0 Å². The van der Waals surface area contributed by atoms with Crippen molar-refractivity contribution in [3.63, 3.8) is 0 Å². The van der Waals surface area contributed by atoms with E-state index < -0.39 is 0 Å². The Balaban J connectivity index is 1.28. The van der Waals surface area contributed by atoms with Crippen LogP contribution in [0.2, 0.25) is 5.02 Å². The fraction of sp³-hybridized carbons (Fsp3) is 0.304. The average molecular weight is 451 g/mol. The number of hydrogen-bond acceptors (Lipinski definition) is 6. The van der Waals surface area contributed by atoms with Crippen LogP contribution in [0.5, 0.6) is 0 Å². The first-order valence-corrected chi connectivity index (χ1v) is 10.7. The molecule has 0 bridgehead atoms. The van der Waals surface area contributed by atoms with E-state index in [1.807, 2.05) is 55.5 Å². The van der Waals surface area contributed by atoms with E-state index in [4.69, 9.17) is 21.4 Å². The molecule has 2 amide bonds. The number of nitrogens with one attached hydrogen (secondary N) is 2. The van der Waals surface area contributed by atoms with Gasteiger partial charge >= 0.3 is 6.03 Å². The number of nitriles is 1. The summed E-state index contributed by atoms with van der Waals surface area (Å²) < 4.78 is 5.39. The van der Waals surface area contributed by atoms with Crippen molar-refractivity contribution in [3.8, 4) is 17.6 Å². The SMILES string of the molecule is C[C@@H]1CC(NC(=O)NCc2ccc(-c3nc(Cc4cccc(Cl)c4)no3)cc2)CN1C#N. The first-order chi connectivity index (χ1) is 15.5. The minimum atomic E-state index is -0.242. The van der Waals surface area contributed by atoms with Crippen LogP contribution in [-0.2, 0) is 13.0 Å². The molecule has 8 nitrogen and oxygen atoms in total. The second-order valence-corrected chi connectivity index (χ2v) is 8.32. The molecule has 1 saturated heterocycles. The molecule has 0 spiro atoms. The topological polar surface area (TPSA) is 107 Å². The number of carbonyl (C=O) groups excluding carboxylic acids is 1. The van der Waals surface area contributed by atoms with Gasteiger partial charge in [-0.05, 0) is 48.7 Å². The fourth-order valence-corrected chi connectivity index (χ4v) is 3.94. The molecule has 1 aliphatic rings. The van der Waals surface area contributed by atoms with Gasteiger partial charge in [0.25, 0.3) is 5.89 Å². The van der Waals surface area contributed by atoms with Crippen LogP contribution in [0, 0.1) is 11.5 Å². The molecule has 32 heavy (non-hydrogen) atoms. The molecular weight excluding hydrogens is 428 g/mol. The lowest BCUT2D eigenvalue weighted by atomic mass is 10.1. The number of hydrogen-bond donors (Lipinski definition) is 2. The summed E-state index contributed by atoms with van der Waals surface area (Å²) in [6, 6.07) is 15.0. The molecule has 3 aromatic rings. The van der Waals surface area contributed by atoms with Gasteiger partial charge in [0, 0.05) is 36.1 Å². The quantitative estimate of drug-likeness (QED) is 0.554. The third kappa shape index (κ3) is 5.37. The van der Waals surface area contributed by atoms with Gasteiger partial charge in [0.1, 0.15) is 0 Å². The Hall–Kier alpha value is -3.57. The van der Waals surface area contributed by atoms with Crippen molar-refractivity contribution in [1.82, 2.24) is 25.7 Å². The summed E-state index contributed by atoms with van der Waals surface area (Å²) in [5, 5.41) is 19.5. The van der Waals surface area contributed by atoms with Gasteiger partial charge in [0.2, 0.25) is 0 Å². The third-order valence-corrected chi connectivity index (χ3v) is 5.65. The van der Waals surface area contributed by atoms with Gasteiger partial charge in [-0.1, -0.05) is 41.0 Å². The maximum atomic E-state index is 12.2. The molecule has 0 aliphatic carbocycles. The van der Waals surface area contributed by atoms with E-state index in [0.29, 0.717) is 36.2 Å². The third-order valence-electron chi connectivity index (χ3n) is 5.41. The Bertz CT molecular complexity index is 1120. The van der Waals surface area contributed by atoms with Gasteiger partial charge in [-0.2, -0.15) is 10.2 Å². The van der Waals surface area contributed by atoms with Crippen molar-refractivity contribution in [2.45, 2.75) is 38.4 Å². The highest BCUT2D eigenvalue weighted by Crippen LogP contribution is 2.20. The minimum absolute atomic E-state index is 0.0225. The van der Waals surface area contributed by atoms with Crippen LogP contribution in [0.1, 0.15) is 30.3 Å². The molecule has 1 fully saturated rings. The molecule has 2 heterocycles. The normalized spacial score (nSPS) is 17.7. The lowest BCUT2D eigenvalue weighted by Crippen LogP contribution is -2.42. The summed E-state index contributed by atoms with van der Waals surface area (Å²) in [6.07, 6.45) is 3.45. The Morgan fingerprint density at radius 2 is 2.09 bits per heavy atom. The van der Waals surface area contributed by atoms with Gasteiger partial charge in [-0.25, -0.2) is 4.79 Å². The van der Waals surface area contributed by atoms with Gasteiger partial charge in [-0.3, -0.25) is 0 Å². The zero-order chi connectivity index (χ0) is 22.5. The second kappa shape index (κ2) is 9.71. The molecule has 0 radical (unpaired) electrons. The van der Waals surface area contributed by atoms with Gasteiger partial charge in [0.05, 0.1) is 6.04 Å². The van der Waals surface area contributed by atoms with Crippen molar-refractivity contribution >= 4 is 17.6 Å². The van der Waals surface area contributed by atoms with E-state index in [2.05, 4.69) is 27.0 Å².